The lowest BCUT2D eigenvalue weighted by molar-refractivity contribution is 0.514. The van der Waals surface area contributed by atoms with Gasteiger partial charge in [0.2, 0.25) is 0 Å². The molecule has 0 atom stereocenters. The van der Waals surface area contributed by atoms with Crippen LogP contribution in [-0.2, 0) is 0 Å². The smallest absolute Gasteiger partial charge is 0.0471 e. The van der Waals surface area contributed by atoms with Crippen LogP contribution in [0.4, 0.5) is 0 Å². The Morgan fingerprint density at radius 1 is 0.769 bits per heavy atom. The van der Waals surface area contributed by atoms with Gasteiger partial charge in [0.1, 0.15) is 0 Å². The zero-order valence-corrected chi connectivity index (χ0v) is 10.5. The standard InChI is InChI=1S/C11H24.C2H6/c1-4-5-6-7-8-9-10-11(2)3;1-2/h11H,4-10H2,1-3H3;1-2H3. The van der Waals surface area contributed by atoms with Crippen molar-refractivity contribution in [2.24, 2.45) is 5.92 Å². The van der Waals surface area contributed by atoms with Gasteiger partial charge in [-0.15, -0.1) is 0 Å². The zero-order valence-electron chi connectivity index (χ0n) is 10.5. The average Bonchev–Trinajstić information content (AvgIpc) is 2.14. The summed E-state index contributed by atoms with van der Waals surface area (Å²) in [6.07, 6.45) is 10.0. The van der Waals surface area contributed by atoms with Crippen LogP contribution in [-0.4, -0.2) is 0 Å². The van der Waals surface area contributed by atoms with Crippen molar-refractivity contribution in [3.63, 3.8) is 0 Å². The van der Waals surface area contributed by atoms with E-state index in [9.17, 15) is 0 Å². The van der Waals surface area contributed by atoms with Gasteiger partial charge in [0.15, 0.2) is 0 Å². The van der Waals surface area contributed by atoms with Crippen molar-refractivity contribution in [3.8, 4) is 0 Å². The Morgan fingerprint density at radius 2 is 1.23 bits per heavy atom. The molecule has 0 spiro atoms. The van der Waals surface area contributed by atoms with E-state index in [1.165, 1.54) is 44.9 Å². The molecular formula is C13H30. The Balaban J connectivity index is 0. The van der Waals surface area contributed by atoms with Gasteiger partial charge in [-0.2, -0.15) is 0 Å². The van der Waals surface area contributed by atoms with Crippen LogP contribution in [0.25, 0.3) is 0 Å². The molecule has 0 unspecified atom stereocenters. The molecule has 0 bridgehead atoms. The van der Waals surface area contributed by atoms with Gasteiger partial charge in [-0.05, 0) is 5.92 Å². The summed E-state index contributed by atoms with van der Waals surface area (Å²) in [5, 5.41) is 0. The van der Waals surface area contributed by atoms with Crippen LogP contribution in [0.3, 0.4) is 0 Å². The molecule has 0 aliphatic heterocycles. The third-order valence-electron chi connectivity index (χ3n) is 2.14. The summed E-state index contributed by atoms with van der Waals surface area (Å²) < 4.78 is 0. The molecule has 0 amide bonds. The lowest BCUT2D eigenvalue weighted by atomic mass is 10.0. The van der Waals surface area contributed by atoms with E-state index in [-0.39, 0.29) is 0 Å². The molecule has 0 heteroatoms. The molecule has 82 valence electrons. The first kappa shape index (κ1) is 15.5. The van der Waals surface area contributed by atoms with E-state index >= 15 is 0 Å². The average molecular weight is 186 g/mol. The third-order valence-corrected chi connectivity index (χ3v) is 2.14. The van der Waals surface area contributed by atoms with Crippen LogP contribution in [0, 0.1) is 5.92 Å². The van der Waals surface area contributed by atoms with Crippen molar-refractivity contribution >= 4 is 0 Å². The number of hydrogen-bond acceptors (Lipinski definition) is 0. The van der Waals surface area contributed by atoms with E-state index in [1.54, 1.807) is 0 Å². The first-order valence-electron chi connectivity index (χ1n) is 6.27. The maximum atomic E-state index is 2.31. The molecule has 0 nitrogen and oxygen atoms in total. The topological polar surface area (TPSA) is 0 Å². The van der Waals surface area contributed by atoms with Crippen molar-refractivity contribution in [2.75, 3.05) is 0 Å². The molecule has 0 radical (unpaired) electrons. The normalized spacial score (nSPS) is 9.69. The molecule has 0 aromatic rings. The van der Waals surface area contributed by atoms with Gasteiger partial charge in [-0.3, -0.25) is 0 Å². The molecule has 0 aromatic carbocycles. The van der Waals surface area contributed by atoms with Crippen LogP contribution in [0.5, 0.6) is 0 Å². The van der Waals surface area contributed by atoms with E-state index in [0.29, 0.717) is 0 Å². The van der Waals surface area contributed by atoms with Crippen molar-refractivity contribution in [1.82, 2.24) is 0 Å². The van der Waals surface area contributed by atoms with Gasteiger partial charge in [0.25, 0.3) is 0 Å². The Morgan fingerprint density at radius 3 is 1.69 bits per heavy atom. The van der Waals surface area contributed by atoms with E-state index in [1.807, 2.05) is 13.8 Å². The molecule has 13 heavy (non-hydrogen) atoms. The lowest BCUT2D eigenvalue weighted by Gasteiger charge is -2.03. The number of unbranched alkanes of at least 4 members (excludes halogenated alkanes) is 5. The summed E-state index contributed by atoms with van der Waals surface area (Å²) in [6, 6.07) is 0. The summed E-state index contributed by atoms with van der Waals surface area (Å²) >= 11 is 0. The monoisotopic (exact) mass is 186 g/mol. The van der Waals surface area contributed by atoms with Crippen LogP contribution < -0.4 is 0 Å². The molecule has 0 aromatic heterocycles. The predicted molar refractivity (Wildman–Crippen MR) is 64.2 cm³/mol. The summed E-state index contributed by atoms with van der Waals surface area (Å²) in [4.78, 5) is 0. The first-order valence-corrected chi connectivity index (χ1v) is 6.27. The van der Waals surface area contributed by atoms with Gasteiger partial charge >= 0.3 is 0 Å². The molecule has 0 rings (SSSR count). The van der Waals surface area contributed by atoms with E-state index in [4.69, 9.17) is 0 Å². The van der Waals surface area contributed by atoms with E-state index < -0.39 is 0 Å². The van der Waals surface area contributed by atoms with Crippen molar-refractivity contribution < 1.29 is 0 Å². The molecule has 0 aliphatic carbocycles. The predicted octanol–water partition coefficient (Wildman–Crippen LogP) is 5.42. The second-order valence-electron chi connectivity index (χ2n) is 3.95. The molecule has 0 N–H and O–H groups in total. The fourth-order valence-corrected chi connectivity index (χ4v) is 1.33. The zero-order chi connectivity index (χ0) is 10.5. The number of hydrogen-bond donors (Lipinski definition) is 0. The van der Waals surface area contributed by atoms with Crippen molar-refractivity contribution in [3.05, 3.63) is 0 Å². The van der Waals surface area contributed by atoms with Gasteiger partial charge in [-0.1, -0.05) is 79.6 Å². The van der Waals surface area contributed by atoms with Gasteiger partial charge < -0.3 is 0 Å². The summed E-state index contributed by atoms with van der Waals surface area (Å²) in [5.41, 5.74) is 0. The first-order chi connectivity index (χ1) is 6.27. The van der Waals surface area contributed by atoms with Crippen molar-refractivity contribution in [1.29, 1.82) is 0 Å². The summed E-state index contributed by atoms with van der Waals surface area (Å²) in [6.45, 7) is 10.9. The Kier molecular flexibility index (Phi) is 17.3. The maximum Gasteiger partial charge on any atom is -0.0471 e. The molecule has 0 fully saturated rings. The highest BCUT2D eigenvalue weighted by molar-refractivity contribution is 4.47. The number of rotatable bonds is 7. The largest absolute Gasteiger partial charge is 0.0683 e. The quantitative estimate of drug-likeness (QED) is 0.466. The third kappa shape index (κ3) is 18.8. The van der Waals surface area contributed by atoms with Gasteiger partial charge in [0, 0.05) is 0 Å². The SMILES string of the molecule is CC.CCCCCCCCC(C)C. The molecule has 0 saturated carbocycles. The van der Waals surface area contributed by atoms with Crippen molar-refractivity contribution in [2.45, 2.75) is 79.6 Å². The minimum atomic E-state index is 0.904. The van der Waals surface area contributed by atoms with Crippen LogP contribution >= 0.6 is 0 Å². The minimum absolute atomic E-state index is 0.904. The van der Waals surface area contributed by atoms with E-state index in [2.05, 4.69) is 20.8 Å². The van der Waals surface area contributed by atoms with Crippen LogP contribution in [0.1, 0.15) is 79.6 Å². The summed E-state index contributed by atoms with van der Waals surface area (Å²) in [5.74, 6) is 0.904. The van der Waals surface area contributed by atoms with E-state index in [0.717, 1.165) is 5.92 Å². The Labute approximate surface area is 86.1 Å². The molecule has 0 saturated heterocycles. The highest BCUT2D eigenvalue weighted by Gasteiger charge is 1.93. The van der Waals surface area contributed by atoms with Crippen LogP contribution in [0.2, 0.25) is 0 Å². The molecule has 0 aliphatic rings. The highest BCUT2D eigenvalue weighted by Crippen LogP contribution is 2.10. The van der Waals surface area contributed by atoms with Gasteiger partial charge in [0.05, 0.1) is 0 Å². The summed E-state index contributed by atoms with van der Waals surface area (Å²) in [7, 11) is 0. The fraction of sp³-hybridized carbons (Fsp3) is 1.00. The van der Waals surface area contributed by atoms with Gasteiger partial charge in [-0.25, -0.2) is 0 Å². The highest BCUT2D eigenvalue weighted by atomic mass is 14.0. The second kappa shape index (κ2) is 14.5. The fourth-order valence-electron chi connectivity index (χ4n) is 1.33. The lowest BCUT2D eigenvalue weighted by Crippen LogP contribution is -1.86. The second-order valence-corrected chi connectivity index (χ2v) is 3.95. The maximum absolute atomic E-state index is 2.31. The minimum Gasteiger partial charge on any atom is -0.0683 e. The molecule has 0 heterocycles. The Bertz CT molecular complexity index is 64.4. The van der Waals surface area contributed by atoms with Crippen LogP contribution in [0.15, 0.2) is 0 Å². The molecular weight excluding hydrogens is 156 g/mol. The Hall–Kier alpha value is 0.